The quantitative estimate of drug-likeness (QED) is 0.453. The molecular formula is C18H20F3N5O3S2. The van der Waals surface area contributed by atoms with Crippen LogP contribution in [-0.2, 0) is 21.2 Å². The molecule has 0 unspecified atom stereocenters. The summed E-state index contributed by atoms with van der Waals surface area (Å²) in [7, 11) is -2.41. The van der Waals surface area contributed by atoms with Crippen molar-refractivity contribution >= 4 is 26.9 Å². The standard InChI is InChI=1S/C18H20F3N5O3S2/c1-29-8-2-3-12-13-5-4-11(31(27,28)25-18(10-19)6-7-18)9-26(13)15(22-12)17-24-23-16(30-17)14(20)21/h4-5,9,14,25H,2-3,6-8,10H2,1H3. The molecule has 0 bridgehead atoms. The van der Waals surface area contributed by atoms with Crippen LogP contribution < -0.4 is 4.72 Å². The lowest BCUT2D eigenvalue weighted by Crippen LogP contribution is -2.38. The topological polar surface area (TPSA) is 98.5 Å². The van der Waals surface area contributed by atoms with E-state index in [-0.39, 0.29) is 15.7 Å². The first-order chi connectivity index (χ1) is 14.8. The zero-order chi connectivity index (χ0) is 22.2. The molecule has 0 radical (unpaired) electrons. The molecule has 3 aromatic rings. The van der Waals surface area contributed by atoms with Crippen LogP contribution in [0.2, 0.25) is 0 Å². The summed E-state index contributed by atoms with van der Waals surface area (Å²) in [6.45, 7) is -0.278. The third kappa shape index (κ3) is 4.45. The van der Waals surface area contributed by atoms with E-state index in [1.165, 1.54) is 16.7 Å². The molecular weight excluding hydrogens is 455 g/mol. The predicted molar refractivity (Wildman–Crippen MR) is 108 cm³/mol. The average molecular weight is 476 g/mol. The molecule has 1 N–H and O–H groups in total. The molecule has 0 spiro atoms. The number of nitrogens with zero attached hydrogens (tertiary/aromatic N) is 4. The van der Waals surface area contributed by atoms with Crippen molar-refractivity contribution in [3.05, 3.63) is 29.0 Å². The van der Waals surface area contributed by atoms with Crippen molar-refractivity contribution < 1.29 is 26.3 Å². The molecule has 0 saturated heterocycles. The van der Waals surface area contributed by atoms with Gasteiger partial charge in [-0.15, -0.1) is 10.2 Å². The monoisotopic (exact) mass is 475 g/mol. The van der Waals surface area contributed by atoms with Crippen LogP contribution in [0.4, 0.5) is 13.2 Å². The van der Waals surface area contributed by atoms with Crippen LogP contribution in [0.25, 0.3) is 16.3 Å². The van der Waals surface area contributed by atoms with Crippen molar-refractivity contribution in [2.75, 3.05) is 20.4 Å². The SMILES string of the molecule is COCCCc1nc(-c2nnc(C(F)F)s2)n2cc(S(=O)(=O)NC3(CF)CC3)ccc12. The van der Waals surface area contributed by atoms with Gasteiger partial charge < -0.3 is 4.74 Å². The van der Waals surface area contributed by atoms with Gasteiger partial charge in [-0.2, -0.15) is 0 Å². The van der Waals surface area contributed by atoms with Gasteiger partial charge in [-0.25, -0.2) is 31.3 Å². The number of hydrogen-bond acceptors (Lipinski definition) is 7. The Morgan fingerprint density at radius 3 is 2.71 bits per heavy atom. The Kier molecular flexibility index (Phi) is 6.03. The third-order valence-electron chi connectivity index (χ3n) is 5.04. The maximum absolute atomic E-state index is 13.2. The minimum atomic E-state index is -3.99. The van der Waals surface area contributed by atoms with E-state index in [4.69, 9.17) is 4.74 Å². The third-order valence-corrected chi connectivity index (χ3v) is 7.53. The first kappa shape index (κ1) is 22.1. The number of aromatic nitrogens is 4. The second kappa shape index (κ2) is 8.45. The van der Waals surface area contributed by atoms with E-state index in [0.717, 1.165) is 0 Å². The van der Waals surface area contributed by atoms with E-state index < -0.39 is 33.7 Å². The van der Waals surface area contributed by atoms with Gasteiger partial charge in [0.1, 0.15) is 6.67 Å². The van der Waals surface area contributed by atoms with Gasteiger partial charge in [0.2, 0.25) is 10.0 Å². The zero-order valence-electron chi connectivity index (χ0n) is 16.5. The van der Waals surface area contributed by atoms with E-state index in [1.54, 1.807) is 13.2 Å². The highest BCUT2D eigenvalue weighted by molar-refractivity contribution is 7.89. The predicted octanol–water partition coefficient (Wildman–Crippen LogP) is 3.15. The maximum atomic E-state index is 13.2. The summed E-state index contributed by atoms with van der Waals surface area (Å²) in [6.07, 6.45) is 0.652. The number of imidazole rings is 1. The first-order valence-corrected chi connectivity index (χ1v) is 11.8. The Bertz CT molecular complexity index is 1190. The molecule has 8 nitrogen and oxygen atoms in total. The molecule has 3 heterocycles. The van der Waals surface area contributed by atoms with E-state index in [2.05, 4.69) is 19.9 Å². The molecule has 168 valence electrons. The summed E-state index contributed by atoms with van der Waals surface area (Å²) in [5, 5.41) is 7.00. The lowest BCUT2D eigenvalue weighted by atomic mass is 10.2. The molecule has 0 atom stereocenters. The van der Waals surface area contributed by atoms with Crippen LogP contribution >= 0.6 is 11.3 Å². The fourth-order valence-corrected chi connectivity index (χ4v) is 5.30. The maximum Gasteiger partial charge on any atom is 0.291 e. The normalized spacial score (nSPS) is 15.8. The highest BCUT2D eigenvalue weighted by Gasteiger charge is 2.46. The Labute approximate surface area is 180 Å². The number of pyridine rings is 1. The number of halogens is 3. The van der Waals surface area contributed by atoms with Gasteiger partial charge in [0.05, 0.1) is 21.6 Å². The van der Waals surface area contributed by atoms with Crippen molar-refractivity contribution in [1.82, 2.24) is 24.3 Å². The Hall–Kier alpha value is -2.09. The summed E-state index contributed by atoms with van der Waals surface area (Å²) in [5.41, 5.74) is 0.230. The molecule has 13 heteroatoms. The van der Waals surface area contributed by atoms with Crippen molar-refractivity contribution in [2.45, 2.75) is 42.5 Å². The molecule has 1 fully saturated rings. The lowest BCUT2D eigenvalue weighted by molar-refractivity contribution is 0.150. The molecule has 0 aromatic carbocycles. The number of alkyl halides is 3. The van der Waals surface area contributed by atoms with Gasteiger partial charge in [-0.1, -0.05) is 11.3 Å². The first-order valence-electron chi connectivity index (χ1n) is 9.50. The van der Waals surface area contributed by atoms with Gasteiger partial charge in [-0.05, 0) is 37.8 Å². The van der Waals surface area contributed by atoms with Crippen molar-refractivity contribution in [2.24, 2.45) is 0 Å². The number of rotatable bonds is 10. The number of nitrogens with one attached hydrogen (secondary N) is 1. The largest absolute Gasteiger partial charge is 0.385 e. The summed E-state index contributed by atoms with van der Waals surface area (Å²) in [6, 6.07) is 3.01. The van der Waals surface area contributed by atoms with Gasteiger partial charge in [0.25, 0.3) is 6.43 Å². The smallest absolute Gasteiger partial charge is 0.291 e. The summed E-state index contributed by atoms with van der Waals surface area (Å²) < 4.78 is 73.8. The fourth-order valence-electron chi connectivity index (χ4n) is 3.18. The number of sulfonamides is 1. The molecule has 31 heavy (non-hydrogen) atoms. The number of methoxy groups -OCH3 is 1. The number of ether oxygens (including phenoxy) is 1. The van der Waals surface area contributed by atoms with Crippen LogP contribution in [0.15, 0.2) is 23.2 Å². The summed E-state index contributed by atoms with van der Waals surface area (Å²) >= 11 is 0.693. The second-order valence-corrected chi connectivity index (χ2v) is 10.1. The van der Waals surface area contributed by atoms with Gasteiger partial charge >= 0.3 is 0 Å². The highest BCUT2D eigenvalue weighted by Crippen LogP contribution is 2.37. The van der Waals surface area contributed by atoms with Crippen LogP contribution in [0.1, 0.15) is 36.4 Å². The van der Waals surface area contributed by atoms with Crippen LogP contribution in [-0.4, -0.2) is 53.9 Å². The van der Waals surface area contributed by atoms with Crippen LogP contribution in [0, 0.1) is 0 Å². The van der Waals surface area contributed by atoms with Crippen molar-refractivity contribution in [3.63, 3.8) is 0 Å². The number of aryl methyl sites for hydroxylation is 1. The van der Waals surface area contributed by atoms with Gasteiger partial charge in [0, 0.05) is 19.9 Å². The van der Waals surface area contributed by atoms with E-state index >= 15 is 0 Å². The van der Waals surface area contributed by atoms with E-state index in [1.807, 2.05) is 0 Å². The van der Waals surface area contributed by atoms with Crippen LogP contribution in [0.5, 0.6) is 0 Å². The molecule has 4 rings (SSSR count). The summed E-state index contributed by atoms with van der Waals surface area (Å²) in [5.74, 6) is 0.218. The number of hydrogen-bond donors (Lipinski definition) is 1. The molecule has 3 aromatic heterocycles. The minimum absolute atomic E-state index is 0.0829. The molecule has 1 aliphatic rings. The lowest BCUT2D eigenvalue weighted by Gasteiger charge is -2.14. The molecule has 1 saturated carbocycles. The highest BCUT2D eigenvalue weighted by atomic mass is 32.2. The van der Waals surface area contributed by atoms with Crippen LogP contribution in [0.3, 0.4) is 0 Å². The zero-order valence-corrected chi connectivity index (χ0v) is 18.1. The summed E-state index contributed by atoms with van der Waals surface area (Å²) in [4.78, 5) is 4.44. The van der Waals surface area contributed by atoms with E-state index in [9.17, 15) is 21.6 Å². The fraction of sp³-hybridized carbons (Fsp3) is 0.500. The van der Waals surface area contributed by atoms with Crippen molar-refractivity contribution in [3.8, 4) is 10.8 Å². The Morgan fingerprint density at radius 2 is 2.10 bits per heavy atom. The van der Waals surface area contributed by atoms with Crippen molar-refractivity contribution in [1.29, 1.82) is 0 Å². The van der Waals surface area contributed by atoms with Gasteiger partial charge in [-0.3, -0.25) is 4.40 Å². The molecule has 0 aliphatic heterocycles. The van der Waals surface area contributed by atoms with Gasteiger partial charge in [0.15, 0.2) is 15.8 Å². The molecule has 1 aliphatic carbocycles. The number of fused-ring (bicyclic) bond motifs is 1. The molecule has 0 amide bonds. The minimum Gasteiger partial charge on any atom is -0.385 e. The Morgan fingerprint density at radius 1 is 1.32 bits per heavy atom. The second-order valence-electron chi connectivity index (χ2n) is 7.36. The average Bonchev–Trinajstić information content (AvgIpc) is 3.17. The Balaban J connectivity index is 1.78. The van der Waals surface area contributed by atoms with E-state index in [0.29, 0.717) is 54.8 Å².